The Hall–Kier alpha value is -2.08. The van der Waals surface area contributed by atoms with Crippen LogP contribution in [0, 0.1) is 11.8 Å². The molecule has 0 aromatic heterocycles. The van der Waals surface area contributed by atoms with Crippen molar-refractivity contribution in [1.82, 2.24) is 15.5 Å². The van der Waals surface area contributed by atoms with E-state index >= 15 is 0 Å². The molecular weight excluding hydrogens is 414 g/mol. The van der Waals surface area contributed by atoms with Crippen LogP contribution in [0.25, 0.3) is 0 Å². The molecular formula is C24H34ClN3O3. The SMILES string of the molecule is CC(C)C(NC(=O)c1ccccc1Cl)C(=O)N1CCCC(C(=O)NC2CCCCC2)C1. The lowest BCUT2D eigenvalue weighted by Gasteiger charge is -2.36. The third-order valence-corrected chi connectivity index (χ3v) is 6.72. The summed E-state index contributed by atoms with van der Waals surface area (Å²) in [6.45, 7) is 4.83. The van der Waals surface area contributed by atoms with E-state index in [1.807, 2.05) is 13.8 Å². The van der Waals surface area contributed by atoms with E-state index in [2.05, 4.69) is 10.6 Å². The van der Waals surface area contributed by atoms with Crippen molar-refractivity contribution in [3.05, 3.63) is 34.9 Å². The van der Waals surface area contributed by atoms with Gasteiger partial charge in [-0.05, 0) is 43.7 Å². The number of nitrogens with one attached hydrogen (secondary N) is 2. The number of halogens is 1. The summed E-state index contributed by atoms with van der Waals surface area (Å²) in [7, 11) is 0. The van der Waals surface area contributed by atoms with Crippen LogP contribution in [-0.4, -0.2) is 47.8 Å². The third kappa shape index (κ3) is 6.22. The Morgan fingerprint density at radius 2 is 1.74 bits per heavy atom. The smallest absolute Gasteiger partial charge is 0.253 e. The average molecular weight is 448 g/mol. The Balaban J connectivity index is 1.62. The second-order valence-electron chi connectivity index (χ2n) is 9.14. The van der Waals surface area contributed by atoms with Crippen molar-refractivity contribution in [2.45, 2.75) is 70.9 Å². The molecule has 3 amide bonds. The molecule has 1 aliphatic heterocycles. The lowest BCUT2D eigenvalue weighted by Crippen LogP contribution is -2.55. The van der Waals surface area contributed by atoms with E-state index in [-0.39, 0.29) is 35.6 Å². The van der Waals surface area contributed by atoms with Gasteiger partial charge in [-0.15, -0.1) is 0 Å². The normalized spacial score (nSPS) is 20.9. The summed E-state index contributed by atoms with van der Waals surface area (Å²) >= 11 is 6.14. The first-order valence-corrected chi connectivity index (χ1v) is 11.9. The highest BCUT2D eigenvalue weighted by Gasteiger charge is 2.34. The topological polar surface area (TPSA) is 78.5 Å². The highest BCUT2D eigenvalue weighted by Crippen LogP contribution is 2.22. The lowest BCUT2D eigenvalue weighted by molar-refractivity contribution is -0.138. The molecule has 6 nitrogen and oxygen atoms in total. The minimum Gasteiger partial charge on any atom is -0.353 e. The van der Waals surface area contributed by atoms with Crippen LogP contribution in [0.15, 0.2) is 24.3 Å². The van der Waals surface area contributed by atoms with Crippen molar-refractivity contribution in [2.24, 2.45) is 11.8 Å². The average Bonchev–Trinajstić information content (AvgIpc) is 2.77. The monoisotopic (exact) mass is 447 g/mol. The summed E-state index contributed by atoms with van der Waals surface area (Å²) < 4.78 is 0. The predicted octanol–water partition coefficient (Wildman–Crippen LogP) is 3.78. The number of carbonyl (C=O) groups is 3. The number of rotatable bonds is 6. The molecule has 1 aromatic carbocycles. The molecule has 170 valence electrons. The fraction of sp³-hybridized carbons (Fsp3) is 0.625. The van der Waals surface area contributed by atoms with Gasteiger partial charge in [0.15, 0.2) is 0 Å². The predicted molar refractivity (Wildman–Crippen MR) is 122 cm³/mol. The van der Waals surface area contributed by atoms with Crippen LogP contribution in [0.4, 0.5) is 0 Å². The van der Waals surface area contributed by atoms with Crippen molar-refractivity contribution in [2.75, 3.05) is 13.1 Å². The Labute approximate surface area is 190 Å². The van der Waals surface area contributed by atoms with Gasteiger partial charge in [-0.25, -0.2) is 0 Å². The number of piperidine rings is 1. The largest absolute Gasteiger partial charge is 0.353 e. The van der Waals surface area contributed by atoms with Gasteiger partial charge in [0, 0.05) is 19.1 Å². The van der Waals surface area contributed by atoms with E-state index in [0.29, 0.717) is 23.7 Å². The minimum atomic E-state index is -0.663. The third-order valence-electron chi connectivity index (χ3n) is 6.39. The number of hydrogen-bond acceptors (Lipinski definition) is 3. The molecule has 2 aliphatic rings. The second-order valence-corrected chi connectivity index (χ2v) is 9.55. The Kier molecular flexibility index (Phi) is 8.35. The summed E-state index contributed by atoms with van der Waals surface area (Å²) in [5, 5.41) is 6.42. The Morgan fingerprint density at radius 3 is 2.42 bits per heavy atom. The first kappa shape index (κ1) is 23.6. The van der Waals surface area contributed by atoms with E-state index in [0.717, 1.165) is 25.7 Å². The first-order valence-electron chi connectivity index (χ1n) is 11.5. The van der Waals surface area contributed by atoms with Crippen molar-refractivity contribution >= 4 is 29.3 Å². The first-order chi connectivity index (χ1) is 14.9. The van der Waals surface area contributed by atoms with E-state index < -0.39 is 6.04 Å². The number of hydrogen-bond donors (Lipinski definition) is 2. The molecule has 2 unspecified atom stereocenters. The fourth-order valence-electron chi connectivity index (χ4n) is 4.53. The van der Waals surface area contributed by atoms with Gasteiger partial charge in [-0.3, -0.25) is 14.4 Å². The molecule has 1 saturated carbocycles. The summed E-state index contributed by atoms with van der Waals surface area (Å²) in [6.07, 6.45) is 7.26. The summed E-state index contributed by atoms with van der Waals surface area (Å²) in [5.74, 6) is -0.709. The molecule has 0 radical (unpaired) electrons. The molecule has 1 heterocycles. The van der Waals surface area contributed by atoms with Gasteiger partial charge in [0.1, 0.15) is 6.04 Å². The molecule has 0 bridgehead atoms. The molecule has 0 spiro atoms. The number of likely N-dealkylation sites (tertiary alicyclic amines) is 1. The zero-order valence-corrected chi connectivity index (χ0v) is 19.3. The molecule has 31 heavy (non-hydrogen) atoms. The van der Waals surface area contributed by atoms with E-state index in [1.54, 1.807) is 29.2 Å². The van der Waals surface area contributed by atoms with Crippen molar-refractivity contribution in [3.8, 4) is 0 Å². The molecule has 2 atom stereocenters. The summed E-state index contributed by atoms with van der Waals surface area (Å²) in [4.78, 5) is 40.6. The van der Waals surface area contributed by atoms with Crippen molar-refractivity contribution in [3.63, 3.8) is 0 Å². The zero-order valence-electron chi connectivity index (χ0n) is 18.5. The van der Waals surface area contributed by atoms with Crippen LogP contribution in [0.3, 0.4) is 0 Å². The molecule has 1 aliphatic carbocycles. The van der Waals surface area contributed by atoms with Gasteiger partial charge in [0.2, 0.25) is 11.8 Å². The number of benzene rings is 1. The maximum atomic E-state index is 13.3. The lowest BCUT2D eigenvalue weighted by atomic mass is 9.92. The van der Waals surface area contributed by atoms with E-state index in [9.17, 15) is 14.4 Å². The van der Waals surface area contributed by atoms with Crippen molar-refractivity contribution < 1.29 is 14.4 Å². The Morgan fingerprint density at radius 1 is 1.03 bits per heavy atom. The molecule has 2 fully saturated rings. The summed E-state index contributed by atoms with van der Waals surface area (Å²) in [6, 6.07) is 6.41. The standard InChI is InChI=1S/C24H34ClN3O3/c1-16(2)21(27-23(30)19-12-6-7-13-20(19)25)24(31)28-14-8-9-17(15-28)22(29)26-18-10-4-3-5-11-18/h6-7,12-13,16-18,21H,3-5,8-11,14-15H2,1-2H3,(H,26,29)(H,27,30). The van der Waals surface area contributed by atoms with E-state index in [1.165, 1.54) is 19.3 Å². The van der Waals surface area contributed by atoms with Crippen LogP contribution in [0.1, 0.15) is 69.2 Å². The van der Waals surface area contributed by atoms with Gasteiger partial charge in [0.25, 0.3) is 5.91 Å². The van der Waals surface area contributed by atoms with Gasteiger partial charge < -0.3 is 15.5 Å². The molecule has 1 saturated heterocycles. The molecule has 3 rings (SSSR count). The van der Waals surface area contributed by atoms with Crippen LogP contribution in [0.5, 0.6) is 0 Å². The van der Waals surface area contributed by atoms with Gasteiger partial charge in [-0.2, -0.15) is 0 Å². The van der Waals surface area contributed by atoms with Gasteiger partial charge in [0.05, 0.1) is 16.5 Å². The van der Waals surface area contributed by atoms with Gasteiger partial charge >= 0.3 is 0 Å². The second kappa shape index (κ2) is 11.0. The zero-order chi connectivity index (χ0) is 22.4. The quantitative estimate of drug-likeness (QED) is 0.696. The van der Waals surface area contributed by atoms with Crippen LogP contribution < -0.4 is 10.6 Å². The van der Waals surface area contributed by atoms with Crippen LogP contribution in [0.2, 0.25) is 5.02 Å². The summed E-state index contributed by atoms with van der Waals surface area (Å²) in [5.41, 5.74) is 0.353. The maximum absolute atomic E-state index is 13.3. The Bertz CT molecular complexity index is 792. The molecule has 1 aromatic rings. The number of amides is 3. The van der Waals surface area contributed by atoms with E-state index in [4.69, 9.17) is 11.6 Å². The number of carbonyl (C=O) groups excluding carboxylic acids is 3. The van der Waals surface area contributed by atoms with Crippen LogP contribution in [-0.2, 0) is 9.59 Å². The number of nitrogens with zero attached hydrogens (tertiary/aromatic N) is 1. The molecule has 2 N–H and O–H groups in total. The highest BCUT2D eigenvalue weighted by atomic mass is 35.5. The van der Waals surface area contributed by atoms with Gasteiger partial charge in [-0.1, -0.05) is 56.8 Å². The van der Waals surface area contributed by atoms with Crippen LogP contribution >= 0.6 is 11.6 Å². The maximum Gasteiger partial charge on any atom is 0.253 e. The fourth-order valence-corrected chi connectivity index (χ4v) is 4.75. The minimum absolute atomic E-state index is 0.0607. The highest BCUT2D eigenvalue weighted by molar-refractivity contribution is 6.33. The van der Waals surface area contributed by atoms with Crippen molar-refractivity contribution in [1.29, 1.82) is 0 Å². The molecule has 7 heteroatoms.